The molecule has 1 aliphatic heterocycles. The van der Waals surface area contributed by atoms with Gasteiger partial charge in [-0.25, -0.2) is 0 Å². The molecule has 0 radical (unpaired) electrons. The normalized spacial score (nSPS) is 22.6. The zero-order chi connectivity index (χ0) is 16.3. The van der Waals surface area contributed by atoms with Crippen LogP contribution in [-0.4, -0.2) is 49.1 Å². The van der Waals surface area contributed by atoms with Crippen LogP contribution in [0.2, 0.25) is 0 Å². The van der Waals surface area contributed by atoms with Crippen LogP contribution in [0.1, 0.15) is 42.3 Å². The smallest absolute Gasteiger partial charge is 0.177 e. The molecule has 4 nitrogen and oxygen atoms in total. The molecule has 22 heavy (non-hydrogen) atoms. The van der Waals surface area contributed by atoms with Crippen molar-refractivity contribution in [2.75, 3.05) is 26.2 Å². The Labute approximate surface area is 133 Å². The van der Waals surface area contributed by atoms with Gasteiger partial charge < -0.3 is 9.47 Å². The van der Waals surface area contributed by atoms with Gasteiger partial charge in [0.25, 0.3) is 0 Å². The molecule has 0 saturated carbocycles. The number of benzene rings is 1. The number of hydrogen-bond donors (Lipinski definition) is 0. The van der Waals surface area contributed by atoms with Crippen LogP contribution in [0.4, 0.5) is 0 Å². The zero-order valence-electron chi connectivity index (χ0n) is 14.3. The van der Waals surface area contributed by atoms with Crippen molar-refractivity contribution in [2.45, 2.75) is 46.8 Å². The molecule has 122 valence electrons. The minimum atomic E-state index is 0.180. The average molecular weight is 305 g/mol. The van der Waals surface area contributed by atoms with E-state index in [1.54, 1.807) is 0 Å². The number of Topliss-reactive ketones (excluding diaryl/α,β-unsaturated/α-hetero) is 1. The summed E-state index contributed by atoms with van der Waals surface area (Å²) < 4.78 is 11.3. The van der Waals surface area contributed by atoms with Gasteiger partial charge in [0, 0.05) is 18.7 Å². The standard InChI is InChI=1S/C18H27NO3/c1-6-21-16-7-12(2)18(13(3)8-16)17(20)11-19-9-14(4)22-15(5)10-19/h7-8,14-15H,6,9-11H2,1-5H3. The van der Waals surface area contributed by atoms with Gasteiger partial charge in [-0.3, -0.25) is 9.69 Å². The first-order valence-corrected chi connectivity index (χ1v) is 8.05. The molecule has 0 N–H and O–H groups in total. The molecular weight excluding hydrogens is 278 g/mol. The van der Waals surface area contributed by atoms with E-state index in [1.807, 2.05) is 32.9 Å². The number of aryl methyl sites for hydroxylation is 2. The molecule has 1 fully saturated rings. The zero-order valence-corrected chi connectivity index (χ0v) is 14.3. The number of rotatable bonds is 5. The Balaban J connectivity index is 2.12. The van der Waals surface area contributed by atoms with Crippen LogP contribution in [0.3, 0.4) is 0 Å². The molecule has 1 heterocycles. The molecule has 4 heteroatoms. The Bertz CT molecular complexity index is 508. The lowest BCUT2D eigenvalue weighted by molar-refractivity contribution is -0.0652. The van der Waals surface area contributed by atoms with E-state index in [4.69, 9.17) is 9.47 Å². The number of carbonyl (C=O) groups excluding carboxylic acids is 1. The molecule has 1 aliphatic rings. The van der Waals surface area contributed by atoms with E-state index in [0.717, 1.165) is 35.5 Å². The van der Waals surface area contributed by atoms with Gasteiger partial charge in [-0.05, 0) is 57.9 Å². The van der Waals surface area contributed by atoms with Crippen molar-refractivity contribution in [3.63, 3.8) is 0 Å². The molecule has 0 bridgehead atoms. The SMILES string of the molecule is CCOc1cc(C)c(C(=O)CN2CC(C)OC(C)C2)c(C)c1. The lowest BCUT2D eigenvalue weighted by Crippen LogP contribution is -2.47. The van der Waals surface area contributed by atoms with E-state index >= 15 is 0 Å². The van der Waals surface area contributed by atoms with Crippen LogP contribution >= 0.6 is 0 Å². The molecule has 1 saturated heterocycles. The Hall–Kier alpha value is -1.39. The summed E-state index contributed by atoms with van der Waals surface area (Å²) in [6.07, 6.45) is 0.359. The van der Waals surface area contributed by atoms with Gasteiger partial charge in [0.2, 0.25) is 0 Å². The van der Waals surface area contributed by atoms with Crippen molar-refractivity contribution in [3.8, 4) is 5.75 Å². The molecule has 0 aromatic heterocycles. The predicted octanol–water partition coefficient (Wildman–Crippen LogP) is 2.99. The summed E-state index contributed by atoms with van der Waals surface area (Å²) in [5.41, 5.74) is 2.81. The quantitative estimate of drug-likeness (QED) is 0.784. The van der Waals surface area contributed by atoms with E-state index < -0.39 is 0 Å². The van der Waals surface area contributed by atoms with E-state index in [9.17, 15) is 4.79 Å². The van der Waals surface area contributed by atoms with E-state index in [-0.39, 0.29) is 18.0 Å². The third-order valence-corrected chi connectivity index (χ3v) is 3.96. The third-order valence-electron chi connectivity index (χ3n) is 3.96. The summed E-state index contributed by atoms with van der Waals surface area (Å²) in [6, 6.07) is 3.91. The second-order valence-electron chi connectivity index (χ2n) is 6.24. The molecule has 2 atom stereocenters. The van der Waals surface area contributed by atoms with Crippen molar-refractivity contribution in [3.05, 3.63) is 28.8 Å². The van der Waals surface area contributed by atoms with Crippen LogP contribution in [-0.2, 0) is 4.74 Å². The van der Waals surface area contributed by atoms with E-state index in [2.05, 4.69) is 18.7 Å². The Morgan fingerprint density at radius 3 is 2.27 bits per heavy atom. The number of morpholine rings is 1. The molecule has 0 amide bonds. The first-order chi connectivity index (χ1) is 10.4. The minimum absolute atomic E-state index is 0.180. The maximum atomic E-state index is 12.7. The Kier molecular flexibility index (Phi) is 5.59. The van der Waals surface area contributed by atoms with Crippen molar-refractivity contribution in [1.82, 2.24) is 4.90 Å². The monoisotopic (exact) mass is 305 g/mol. The molecule has 2 rings (SSSR count). The van der Waals surface area contributed by atoms with Gasteiger partial charge in [-0.15, -0.1) is 0 Å². The summed E-state index contributed by atoms with van der Waals surface area (Å²) in [5, 5.41) is 0. The maximum absolute atomic E-state index is 12.7. The summed E-state index contributed by atoms with van der Waals surface area (Å²) >= 11 is 0. The van der Waals surface area contributed by atoms with Crippen molar-refractivity contribution in [1.29, 1.82) is 0 Å². The van der Waals surface area contributed by atoms with Crippen LogP contribution in [0.5, 0.6) is 5.75 Å². The number of carbonyl (C=O) groups is 1. The molecular formula is C18H27NO3. The van der Waals surface area contributed by atoms with E-state index in [1.165, 1.54) is 0 Å². The third kappa shape index (κ3) is 4.08. The average Bonchev–Trinajstić information content (AvgIpc) is 2.36. The maximum Gasteiger partial charge on any atom is 0.177 e. The highest BCUT2D eigenvalue weighted by Crippen LogP contribution is 2.23. The second-order valence-corrected chi connectivity index (χ2v) is 6.24. The minimum Gasteiger partial charge on any atom is -0.494 e. The van der Waals surface area contributed by atoms with E-state index in [0.29, 0.717) is 13.2 Å². The molecule has 0 aliphatic carbocycles. The van der Waals surface area contributed by atoms with Crippen LogP contribution in [0.25, 0.3) is 0 Å². The molecule has 1 aromatic rings. The lowest BCUT2D eigenvalue weighted by atomic mass is 9.98. The van der Waals surface area contributed by atoms with Crippen molar-refractivity contribution < 1.29 is 14.3 Å². The van der Waals surface area contributed by atoms with Crippen molar-refractivity contribution >= 4 is 5.78 Å². The summed E-state index contributed by atoms with van der Waals surface area (Å²) in [6.45, 7) is 12.7. The van der Waals surface area contributed by atoms with Gasteiger partial charge in [0.1, 0.15) is 5.75 Å². The number of nitrogens with zero attached hydrogens (tertiary/aromatic N) is 1. The second kappa shape index (κ2) is 7.25. The highest BCUT2D eigenvalue weighted by atomic mass is 16.5. The molecule has 0 spiro atoms. The topological polar surface area (TPSA) is 38.8 Å². The van der Waals surface area contributed by atoms with Crippen LogP contribution in [0, 0.1) is 13.8 Å². The number of ketones is 1. The van der Waals surface area contributed by atoms with Gasteiger partial charge in [0.05, 0.1) is 25.4 Å². The highest BCUT2D eigenvalue weighted by molar-refractivity contribution is 6.00. The van der Waals surface area contributed by atoms with Crippen LogP contribution in [0.15, 0.2) is 12.1 Å². The van der Waals surface area contributed by atoms with Crippen molar-refractivity contribution in [2.24, 2.45) is 0 Å². The fraction of sp³-hybridized carbons (Fsp3) is 0.611. The Morgan fingerprint density at radius 1 is 1.23 bits per heavy atom. The molecule has 2 unspecified atom stereocenters. The fourth-order valence-corrected chi connectivity index (χ4v) is 3.31. The summed E-state index contributed by atoms with van der Waals surface area (Å²) in [7, 11) is 0. The molecule has 1 aromatic carbocycles. The van der Waals surface area contributed by atoms with Gasteiger partial charge >= 0.3 is 0 Å². The van der Waals surface area contributed by atoms with Gasteiger partial charge in [-0.1, -0.05) is 0 Å². The van der Waals surface area contributed by atoms with Gasteiger partial charge in [0.15, 0.2) is 5.78 Å². The number of hydrogen-bond acceptors (Lipinski definition) is 4. The summed E-state index contributed by atoms with van der Waals surface area (Å²) in [5.74, 6) is 1.02. The first kappa shape index (κ1) is 17.0. The van der Waals surface area contributed by atoms with Crippen LogP contribution < -0.4 is 4.74 Å². The fourth-order valence-electron chi connectivity index (χ4n) is 3.31. The lowest BCUT2D eigenvalue weighted by Gasteiger charge is -2.35. The largest absolute Gasteiger partial charge is 0.494 e. The highest BCUT2D eigenvalue weighted by Gasteiger charge is 2.25. The number of ether oxygens (including phenoxy) is 2. The van der Waals surface area contributed by atoms with Gasteiger partial charge in [-0.2, -0.15) is 0 Å². The Morgan fingerprint density at radius 2 is 1.77 bits per heavy atom. The first-order valence-electron chi connectivity index (χ1n) is 8.05. The predicted molar refractivity (Wildman–Crippen MR) is 87.9 cm³/mol. The summed E-state index contributed by atoms with van der Waals surface area (Å²) in [4.78, 5) is 14.9.